The number of hydrogen-bond donors (Lipinski definition) is 1. The van der Waals surface area contributed by atoms with E-state index in [-0.39, 0.29) is 17.6 Å². The molecule has 0 unspecified atom stereocenters. The van der Waals surface area contributed by atoms with Crippen LogP contribution in [0.1, 0.15) is 25.3 Å². The van der Waals surface area contributed by atoms with Gasteiger partial charge in [0, 0.05) is 47.4 Å². The number of nitrogens with zero attached hydrogens (tertiary/aromatic N) is 4. The first kappa shape index (κ1) is 23.4. The summed E-state index contributed by atoms with van der Waals surface area (Å²) >= 11 is 1.43. The lowest BCUT2D eigenvalue weighted by Crippen LogP contribution is -2.37. The minimum absolute atomic E-state index is 0.00720. The number of hydrogen-bond acceptors (Lipinski definition) is 9. The fourth-order valence-corrected chi connectivity index (χ4v) is 4.56. The van der Waals surface area contributed by atoms with Gasteiger partial charge in [-0.05, 0) is 25.8 Å². The van der Waals surface area contributed by atoms with Crippen LogP contribution in [0.2, 0.25) is 0 Å². The lowest BCUT2D eigenvalue weighted by Gasteiger charge is -2.33. The number of piperidine rings is 1. The smallest absolute Gasteiger partial charge is 0.309 e. The Morgan fingerprint density at radius 2 is 2.06 bits per heavy atom. The predicted octanol–water partition coefficient (Wildman–Crippen LogP) is 4.94. The van der Waals surface area contributed by atoms with Crippen molar-refractivity contribution in [3.63, 3.8) is 0 Å². The molecular formula is C24H25N5O4S. The van der Waals surface area contributed by atoms with Gasteiger partial charge in [-0.25, -0.2) is 4.98 Å². The Hall–Kier alpha value is -3.79. The highest BCUT2D eigenvalue weighted by molar-refractivity contribution is 7.14. The maximum absolute atomic E-state index is 12.0. The first-order valence-corrected chi connectivity index (χ1v) is 11.9. The van der Waals surface area contributed by atoms with Crippen LogP contribution >= 0.6 is 11.3 Å². The zero-order chi connectivity index (χ0) is 23.9. The maximum atomic E-state index is 12.0. The number of ether oxygens (including phenoxy) is 1. The second-order valence-corrected chi connectivity index (χ2v) is 8.65. The third-order valence-electron chi connectivity index (χ3n) is 5.62. The number of nitro benzene ring substituents is 1. The lowest BCUT2D eigenvalue weighted by molar-refractivity contribution is -0.384. The monoisotopic (exact) mass is 479 g/mol. The van der Waals surface area contributed by atoms with Gasteiger partial charge in [-0.1, -0.05) is 30.3 Å². The van der Waals surface area contributed by atoms with E-state index in [0.29, 0.717) is 43.2 Å². The summed E-state index contributed by atoms with van der Waals surface area (Å²) in [5.74, 6) is -0.271. The Kier molecular flexibility index (Phi) is 7.48. The summed E-state index contributed by atoms with van der Waals surface area (Å²) in [6, 6.07) is 14.6. The van der Waals surface area contributed by atoms with Crippen molar-refractivity contribution < 1.29 is 14.5 Å². The van der Waals surface area contributed by atoms with Gasteiger partial charge < -0.3 is 9.64 Å². The summed E-state index contributed by atoms with van der Waals surface area (Å²) in [7, 11) is 0. The van der Waals surface area contributed by atoms with Gasteiger partial charge in [-0.3, -0.25) is 20.3 Å². The van der Waals surface area contributed by atoms with Crippen molar-refractivity contribution in [3.05, 3.63) is 69.6 Å². The molecule has 1 aromatic heterocycles. The van der Waals surface area contributed by atoms with E-state index < -0.39 is 4.92 Å². The van der Waals surface area contributed by atoms with Crippen LogP contribution in [0.15, 0.2) is 59.0 Å². The van der Waals surface area contributed by atoms with Crippen LogP contribution in [-0.4, -0.2) is 41.8 Å². The molecular weight excluding hydrogens is 454 g/mol. The Bertz CT molecular complexity index is 1170. The summed E-state index contributed by atoms with van der Waals surface area (Å²) in [5, 5.41) is 18.2. The van der Waals surface area contributed by atoms with E-state index in [1.165, 1.54) is 23.5 Å². The number of anilines is 2. The first-order valence-electron chi connectivity index (χ1n) is 11.0. The number of non-ortho nitro benzene ring substituents is 1. The summed E-state index contributed by atoms with van der Waals surface area (Å²) in [6.45, 7) is 3.49. The normalized spacial score (nSPS) is 14.3. The van der Waals surface area contributed by atoms with Crippen molar-refractivity contribution in [3.8, 4) is 11.3 Å². The molecule has 1 saturated heterocycles. The molecule has 176 valence electrons. The Labute approximate surface area is 201 Å². The number of hydrazone groups is 1. The fourth-order valence-electron chi connectivity index (χ4n) is 3.89. The topological polar surface area (TPSA) is 110 Å². The molecule has 1 aliphatic heterocycles. The van der Waals surface area contributed by atoms with Gasteiger partial charge in [0.15, 0.2) is 0 Å². The number of carbonyl (C=O) groups is 1. The third-order valence-corrected chi connectivity index (χ3v) is 6.36. The molecule has 0 bridgehead atoms. The van der Waals surface area contributed by atoms with E-state index in [4.69, 9.17) is 4.74 Å². The maximum Gasteiger partial charge on any atom is 0.309 e. The largest absolute Gasteiger partial charge is 0.466 e. The predicted molar refractivity (Wildman–Crippen MR) is 133 cm³/mol. The van der Waals surface area contributed by atoms with E-state index >= 15 is 0 Å². The molecule has 2 heterocycles. The van der Waals surface area contributed by atoms with Gasteiger partial charge in [0.2, 0.25) is 5.13 Å². The molecule has 9 nitrogen and oxygen atoms in total. The molecule has 0 radical (unpaired) electrons. The average molecular weight is 480 g/mol. The van der Waals surface area contributed by atoms with Crippen LogP contribution in [0.25, 0.3) is 11.3 Å². The highest BCUT2D eigenvalue weighted by Crippen LogP contribution is 2.29. The van der Waals surface area contributed by atoms with Crippen molar-refractivity contribution in [2.75, 3.05) is 30.0 Å². The van der Waals surface area contributed by atoms with E-state index in [2.05, 4.69) is 20.4 Å². The molecule has 0 saturated carbocycles. The second kappa shape index (κ2) is 10.9. The molecule has 1 aliphatic rings. The average Bonchev–Trinajstić information content (AvgIpc) is 3.34. The Morgan fingerprint density at radius 3 is 2.76 bits per heavy atom. The minimum Gasteiger partial charge on any atom is -0.466 e. The molecule has 4 rings (SSSR count). The molecule has 0 aliphatic carbocycles. The fraction of sp³-hybridized carbons (Fsp3) is 0.292. The number of nitro groups is 1. The number of thiazole rings is 1. The summed E-state index contributed by atoms with van der Waals surface area (Å²) in [6.07, 6.45) is 2.92. The second-order valence-electron chi connectivity index (χ2n) is 7.79. The number of carbonyl (C=O) groups excluding carboxylic acids is 1. The summed E-state index contributed by atoms with van der Waals surface area (Å²) in [5.41, 5.74) is 6.24. The van der Waals surface area contributed by atoms with Gasteiger partial charge in [0.25, 0.3) is 5.69 Å². The van der Waals surface area contributed by atoms with E-state index in [0.717, 1.165) is 16.9 Å². The van der Waals surface area contributed by atoms with Gasteiger partial charge in [-0.2, -0.15) is 5.10 Å². The number of nitrogens with one attached hydrogen (secondary N) is 1. The Balaban J connectivity index is 1.48. The van der Waals surface area contributed by atoms with Crippen LogP contribution < -0.4 is 10.3 Å². The molecule has 0 amide bonds. The number of aromatic nitrogens is 1. The molecule has 1 N–H and O–H groups in total. The van der Waals surface area contributed by atoms with Crippen LogP contribution in [0.3, 0.4) is 0 Å². The molecule has 1 fully saturated rings. The van der Waals surface area contributed by atoms with Crippen LogP contribution in [0.5, 0.6) is 0 Å². The zero-order valence-electron chi connectivity index (χ0n) is 18.7. The minimum atomic E-state index is -0.422. The molecule has 34 heavy (non-hydrogen) atoms. The third kappa shape index (κ3) is 5.57. The van der Waals surface area contributed by atoms with Gasteiger partial charge in [0.05, 0.1) is 29.4 Å². The molecule has 3 aromatic rings. The van der Waals surface area contributed by atoms with Crippen molar-refractivity contribution in [2.45, 2.75) is 19.8 Å². The van der Waals surface area contributed by atoms with Crippen LogP contribution in [-0.2, 0) is 9.53 Å². The zero-order valence-corrected chi connectivity index (χ0v) is 19.5. The highest BCUT2D eigenvalue weighted by Gasteiger charge is 2.27. The van der Waals surface area contributed by atoms with Crippen molar-refractivity contribution in [2.24, 2.45) is 11.0 Å². The van der Waals surface area contributed by atoms with E-state index in [1.54, 1.807) is 19.2 Å². The highest BCUT2D eigenvalue weighted by atomic mass is 32.1. The Morgan fingerprint density at radius 1 is 1.29 bits per heavy atom. The van der Waals surface area contributed by atoms with E-state index in [9.17, 15) is 14.9 Å². The van der Waals surface area contributed by atoms with Gasteiger partial charge in [-0.15, -0.1) is 11.3 Å². The van der Waals surface area contributed by atoms with Crippen molar-refractivity contribution in [1.82, 2.24) is 4.98 Å². The number of rotatable bonds is 8. The summed E-state index contributed by atoms with van der Waals surface area (Å²) < 4.78 is 5.15. The van der Waals surface area contributed by atoms with Gasteiger partial charge >= 0.3 is 5.97 Å². The van der Waals surface area contributed by atoms with E-state index in [1.807, 2.05) is 35.7 Å². The molecule has 2 aromatic carbocycles. The van der Waals surface area contributed by atoms with Crippen molar-refractivity contribution >= 4 is 40.0 Å². The first-order chi connectivity index (χ1) is 16.5. The van der Waals surface area contributed by atoms with Crippen LogP contribution in [0, 0.1) is 16.0 Å². The quantitative estimate of drug-likeness (QED) is 0.211. The van der Waals surface area contributed by atoms with Crippen LogP contribution in [0.4, 0.5) is 16.5 Å². The number of esters is 1. The summed E-state index contributed by atoms with van der Waals surface area (Å²) in [4.78, 5) is 29.6. The number of benzene rings is 2. The molecule has 0 atom stereocenters. The standard InChI is InChI=1S/C24H25N5O4S/c1-2-33-23(30)18-10-12-28(13-11-18)22-9-8-20(29(31)32)14-19(22)15-25-27-24-26-21(16-34-24)17-6-4-3-5-7-17/h3-9,14-16,18H,2,10-13H2,1H3,(H,26,27). The van der Waals surface area contributed by atoms with Crippen molar-refractivity contribution in [1.29, 1.82) is 0 Å². The molecule has 10 heteroatoms. The lowest BCUT2D eigenvalue weighted by atomic mass is 9.96. The molecule has 0 spiro atoms. The van der Waals surface area contributed by atoms with Gasteiger partial charge in [0.1, 0.15) is 0 Å². The SMILES string of the molecule is CCOC(=O)C1CCN(c2ccc([N+](=O)[O-])cc2C=NNc2nc(-c3ccccc3)cs2)CC1.